The predicted molar refractivity (Wildman–Crippen MR) is 37.6 cm³/mol. The van der Waals surface area contributed by atoms with E-state index in [2.05, 4.69) is 9.26 Å². The molecule has 0 saturated carbocycles. The van der Waals surface area contributed by atoms with Crippen LogP contribution in [0.3, 0.4) is 0 Å². The van der Waals surface area contributed by atoms with E-state index in [4.69, 9.17) is 20.4 Å². The highest BCUT2D eigenvalue weighted by Gasteiger charge is 2.44. The third kappa shape index (κ3) is 3.18. The Hall–Kier alpha value is -0.0900. The van der Waals surface area contributed by atoms with Crippen molar-refractivity contribution in [3.05, 3.63) is 0 Å². The zero-order chi connectivity index (χ0) is 11.8. The summed E-state index contributed by atoms with van der Waals surface area (Å²) in [6.07, 6.45) is -9.67. The Bertz CT molecular complexity index is 263. The molecule has 0 aliphatic carbocycles. The number of rotatable bonds is 2. The Morgan fingerprint density at radius 1 is 1.07 bits per heavy atom. The molecule has 1 aliphatic heterocycles. The average molecular weight is 244 g/mol. The first kappa shape index (κ1) is 13.0. The second-order valence-corrected chi connectivity index (χ2v) is 4.02. The molecule has 0 aromatic heterocycles. The van der Waals surface area contributed by atoms with E-state index in [-0.39, 0.29) is 0 Å². The van der Waals surface area contributed by atoms with Crippen LogP contribution in [0.2, 0.25) is 0 Å². The SMILES string of the molecule is O=P([O-])([O-])O[C@H]1O[C@H](O)[C@H](O)[C@@H](O)[C@@H]1O. The van der Waals surface area contributed by atoms with Crippen molar-refractivity contribution in [2.75, 3.05) is 0 Å². The van der Waals surface area contributed by atoms with E-state index in [9.17, 15) is 14.4 Å². The van der Waals surface area contributed by atoms with Crippen molar-refractivity contribution < 1.29 is 44.0 Å². The number of hydrogen-bond donors (Lipinski definition) is 4. The molecule has 1 fully saturated rings. The van der Waals surface area contributed by atoms with Crippen LogP contribution in [0.1, 0.15) is 0 Å². The Labute approximate surface area is 83.7 Å². The van der Waals surface area contributed by atoms with Gasteiger partial charge in [0.2, 0.25) is 0 Å². The Kier molecular flexibility index (Phi) is 3.82. The highest BCUT2D eigenvalue weighted by Crippen LogP contribution is 2.32. The molecule has 0 bridgehead atoms. The van der Waals surface area contributed by atoms with Crippen molar-refractivity contribution in [1.29, 1.82) is 0 Å². The van der Waals surface area contributed by atoms with Crippen LogP contribution in [0.5, 0.6) is 0 Å². The molecule has 4 N–H and O–H groups in total. The first-order valence-electron chi connectivity index (χ1n) is 3.80. The van der Waals surface area contributed by atoms with Gasteiger partial charge < -0.3 is 44.0 Å². The monoisotopic (exact) mass is 244 g/mol. The zero-order valence-corrected chi connectivity index (χ0v) is 8.06. The molecule has 0 aromatic rings. The molecule has 1 saturated heterocycles. The van der Waals surface area contributed by atoms with Crippen molar-refractivity contribution in [3.63, 3.8) is 0 Å². The molecule has 0 amide bonds. The Balaban J connectivity index is 2.71. The van der Waals surface area contributed by atoms with Crippen LogP contribution >= 0.6 is 7.82 Å². The maximum Gasteiger partial charge on any atom is 0.193 e. The molecule has 10 heteroatoms. The van der Waals surface area contributed by atoms with Crippen LogP contribution in [0, 0.1) is 0 Å². The number of hydrogen-bond acceptors (Lipinski definition) is 9. The molecule has 0 unspecified atom stereocenters. The number of phosphoric ester groups is 1. The third-order valence-corrected chi connectivity index (χ3v) is 2.24. The summed E-state index contributed by atoms with van der Waals surface area (Å²) in [6.45, 7) is 0. The van der Waals surface area contributed by atoms with Gasteiger partial charge >= 0.3 is 0 Å². The van der Waals surface area contributed by atoms with Crippen molar-refractivity contribution in [2.45, 2.75) is 30.9 Å². The Morgan fingerprint density at radius 3 is 2.07 bits per heavy atom. The number of ether oxygens (including phenoxy) is 1. The summed E-state index contributed by atoms with van der Waals surface area (Å²) in [5, 5.41) is 36.1. The van der Waals surface area contributed by atoms with Gasteiger partial charge in [0.15, 0.2) is 12.6 Å². The minimum absolute atomic E-state index is 1.82. The molecule has 15 heavy (non-hydrogen) atoms. The molecule has 1 rings (SSSR count). The lowest BCUT2D eigenvalue weighted by Crippen LogP contribution is -2.58. The summed E-state index contributed by atoms with van der Waals surface area (Å²) in [6, 6.07) is 0. The molecular weight excluding hydrogens is 235 g/mol. The molecule has 9 nitrogen and oxygen atoms in total. The highest BCUT2D eigenvalue weighted by atomic mass is 31.2. The third-order valence-electron chi connectivity index (χ3n) is 1.78. The van der Waals surface area contributed by atoms with Crippen LogP contribution in [0.25, 0.3) is 0 Å². The summed E-state index contributed by atoms with van der Waals surface area (Å²) in [5.74, 6) is 0. The van der Waals surface area contributed by atoms with Gasteiger partial charge in [0.1, 0.15) is 18.3 Å². The molecule has 0 spiro atoms. The fourth-order valence-corrected chi connectivity index (χ4v) is 1.47. The summed E-state index contributed by atoms with van der Waals surface area (Å²) < 4.78 is 18.2. The first-order valence-corrected chi connectivity index (χ1v) is 5.26. The topological polar surface area (TPSA) is 163 Å². The maximum absolute atomic E-state index is 10.2. The largest absolute Gasteiger partial charge is 0.790 e. The van der Waals surface area contributed by atoms with Gasteiger partial charge in [-0.3, -0.25) is 0 Å². The van der Waals surface area contributed by atoms with Gasteiger partial charge in [-0.2, -0.15) is 0 Å². The zero-order valence-electron chi connectivity index (χ0n) is 7.16. The number of phosphoric acid groups is 1. The lowest BCUT2D eigenvalue weighted by molar-refractivity contribution is -0.379. The second-order valence-electron chi connectivity index (χ2n) is 2.92. The van der Waals surface area contributed by atoms with Gasteiger partial charge in [0, 0.05) is 0 Å². The predicted octanol–water partition coefficient (Wildman–Crippen LogP) is -4.41. The smallest absolute Gasteiger partial charge is 0.193 e. The highest BCUT2D eigenvalue weighted by molar-refractivity contribution is 7.43. The number of aliphatic hydroxyl groups is 4. The fraction of sp³-hybridized carbons (Fsp3) is 1.00. The summed E-state index contributed by atoms with van der Waals surface area (Å²) in [4.78, 5) is 20.3. The lowest BCUT2D eigenvalue weighted by atomic mass is 10.0. The van der Waals surface area contributed by atoms with Crippen LogP contribution in [-0.2, 0) is 13.8 Å². The maximum atomic E-state index is 10.2. The van der Waals surface area contributed by atoms with E-state index >= 15 is 0 Å². The normalized spacial score (nSPS) is 42.9. The first-order chi connectivity index (χ1) is 6.72. The van der Waals surface area contributed by atoms with Crippen LogP contribution in [0.4, 0.5) is 0 Å². The van der Waals surface area contributed by atoms with Crippen LogP contribution in [-0.4, -0.2) is 51.3 Å². The molecule has 1 aliphatic rings. The van der Waals surface area contributed by atoms with Crippen molar-refractivity contribution in [3.8, 4) is 0 Å². The molecule has 0 radical (unpaired) electrons. The average Bonchev–Trinajstić information content (AvgIpc) is 2.08. The standard InChI is InChI=1S/C5H11O9P/c6-1-2(7)4(9)13-5(3(1)8)14-15(10,11)12/h1-9H,(H2,10,11,12)/p-2/t1-,2-,3+,4+,5-/m1/s1. The lowest BCUT2D eigenvalue weighted by Gasteiger charge is -2.41. The minimum Gasteiger partial charge on any atom is -0.790 e. The van der Waals surface area contributed by atoms with Crippen molar-refractivity contribution in [2.24, 2.45) is 0 Å². The quantitative estimate of drug-likeness (QED) is 0.351. The number of aliphatic hydroxyl groups excluding tert-OH is 4. The Morgan fingerprint density at radius 2 is 1.60 bits per heavy atom. The van der Waals surface area contributed by atoms with E-state index in [0.29, 0.717) is 0 Å². The van der Waals surface area contributed by atoms with Gasteiger partial charge in [-0.15, -0.1) is 0 Å². The summed E-state index contributed by atoms with van der Waals surface area (Å²) >= 11 is 0. The fourth-order valence-electron chi connectivity index (χ4n) is 1.04. The molecule has 5 atom stereocenters. The van der Waals surface area contributed by atoms with E-state index in [1.54, 1.807) is 0 Å². The van der Waals surface area contributed by atoms with Crippen LogP contribution in [0.15, 0.2) is 0 Å². The summed E-state index contributed by atoms with van der Waals surface area (Å²) in [5.41, 5.74) is 0. The van der Waals surface area contributed by atoms with Crippen LogP contribution < -0.4 is 9.79 Å². The van der Waals surface area contributed by atoms with Gasteiger partial charge in [0.25, 0.3) is 0 Å². The molecule has 1 heterocycles. The van der Waals surface area contributed by atoms with Gasteiger partial charge in [-0.05, 0) is 0 Å². The molecule has 90 valence electrons. The molecular formula is C5H9O9P-2. The van der Waals surface area contributed by atoms with E-state index in [1.165, 1.54) is 0 Å². The van der Waals surface area contributed by atoms with E-state index in [0.717, 1.165) is 0 Å². The minimum atomic E-state index is -5.43. The second kappa shape index (κ2) is 4.42. The van der Waals surface area contributed by atoms with Gasteiger partial charge in [0.05, 0.1) is 7.82 Å². The molecule has 0 aromatic carbocycles. The van der Waals surface area contributed by atoms with Crippen molar-refractivity contribution >= 4 is 7.82 Å². The van der Waals surface area contributed by atoms with Gasteiger partial charge in [-0.1, -0.05) is 0 Å². The van der Waals surface area contributed by atoms with Crippen molar-refractivity contribution in [1.82, 2.24) is 0 Å². The van der Waals surface area contributed by atoms with E-state index in [1.807, 2.05) is 0 Å². The van der Waals surface area contributed by atoms with Gasteiger partial charge in [-0.25, -0.2) is 0 Å². The summed E-state index contributed by atoms with van der Waals surface area (Å²) in [7, 11) is -5.43. The van der Waals surface area contributed by atoms with E-state index < -0.39 is 38.7 Å².